The first-order valence-electron chi connectivity index (χ1n) is 5.94. The molecule has 0 saturated carbocycles. The summed E-state index contributed by atoms with van der Waals surface area (Å²) in [4.78, 5) is 8.37. The van der Waals surface area contributed by atoms with Gasteiger partial charge in [-0.1, -0.05) is 0 Å². The molecule has 2 N–H and O–H groups in total. The van der Waals surface area contributed by atoms with E-state index in [0.717, 1.165) is 34.0 Å². The van der Waals surface area contributed by atoms with E-state index in [1.54, 1.807) is 14.2 Å². The van der Waals surface area contributed by atoms with Crippen LogP contribution >= 0.6 is 0 Å². The van der Waals surface area contributed by atoms with Crippen molar-refractivity contribution >= 4 is 0 Å². The van der Waals surface area contributed by atoms with Gasteiger partial charge in [0.2, 0.25) is 0 Å². The van der Waals surface area contributed by atoms with Crippen LogP contribution in [-0.2, 0) is 6.54 Å². The third-order valence-electron chi connectivity index (χ3n) is 2.99. The second-order valence-corrected chi connectivity index (χ2v) is 4.07. The fraction of sp³-hybridized carbons (Fsp3) is 0.286. The van der Waals surface area contributed by atoms with Gasteiger partial charge in [-0.15, -0.1) is 0 Å². The first-order valence-corrected chi connectivity index (χ1v) is 5.94. The van der Waals surface area contributed by atoms with Gasteiger partial charge in [0.05, 0.1) is 25.6 Å². The summed E-state index contributed by atoms with van der Waals surface area (Å²) < 4.78 is 10.8. The number of nitrogens with two attached hydrogens (primary N) is 1. The maximum absolute atomic E-state index is 5.60. The Kier molecular flexibility index (Phi) is 3.97. The molecular weight excluding hydrogens is 242 g/mol. The predicted molar refractivity (Wildman–Crippen MR) is 73.2 cm³/mol. The molecule has 0 aliphatic heterocycles. The van der Waals surface area contributed by atoms with E-state index < -0.39 is 0 Å². The van der Waals surface area contributed by atoms with Crippen molar-refractivity contribution < 1.29 is 9.47 Å². The molecule has 19 heavy (non-hydrogen) atoms. The van der Waals surface area contributed by atoms with Crippen LogP contribution in [0.15, 0.2) is 24.5 Å². The molecule has 5 nitrogen and oxygen atoms in total. The molecular formula is C14H17N3O2. The highest BCUT2D eigenvalue weighted by Gasteiger charge is 2.14. The number of benzene rings is 1. The van der Waals surface area contributed by atoms with Gasteiger partial charge in [-0.2, -0.15) is 0 Å². The van der Waals surface area contributed by atoms with Crippen LogP contribution in [0.1, 0.15) is 11.3 Å². The zero-order valence-corrected chi connectivity index (χ0v) is 11.3. The van der Waals surface area contributed by atoms with Gasteiger partial charge in [-0.05, 0) is 25.1 Å². The Morgan fingerprint density at radius 1 is 1.16 bits per heavy atom. The number of aromatic nitrogens is 2. The molecule has 100 valence electrons. The minimum absolute atomic E-state index is 0.382. The smallest absolute Gasteiger partial charge is 0.134 e. The van der Waals surface area contributed by atoms with Gasteiger partial charge in [0.25, 0.3) is 0 Å². The zero-order chi connectivity index (χ0) is 13.8. The monoisotopic (exact) mass is 259 g/mol. The van der Waals surface area contributed by atoms with Crippen LogP contribution in [0.3, 0.4) is 0 Å². The van der Waals surface area contributed by atoms with Crippen molar-refractivity contribution in [2.45, 2.75) is 13.5 Å². The standard InChI is InChI=1S/C14H17N3O2/c1-9-13(18-2)5-4-11(14(9)19-3)12-6-10(7-15)16-8-17-12/h4-6,8H,7,15H2,1-3H3. The van der Waals surface area contributed by atoms with Gasteiger partial charge in [-0.3, -0.25) is 0 Å². The highest BCUT2D eigenvalue weighted by Crippen LogP contribution is 2.36. The maximum atomic E-state index is 5.60. The number of nitrogens with zero attached hydrogens (tertiary/aromatic N) is 2. The summed E-state index contributed by atoms with van der Waals surface area (Å²) >= 11 is 0. The molecule has 0 saturated heterocycles. The molecule has 0 aliphatic carbocycles. The topological polar surface area (TPSA) is 70.3 Å². The predicted octanol–water partition coefficient (Wildman–Crippen LogP) is 1.93. The Bertz CT molecular complexity index is 585. The van der Waals surface area contributed by atoms with Crippen LogP contribution < -0.4 is 15.2 Å². The summed E-state index contributed by atoms with van der Waals surface area (Å²) in [6.45, 7) is 2.33. The normalized spacial score (nSPS) is 10.3. The minimum atomic E-state index is 0.382. The number of rotatable bonds is 4. The van der Waals surface area contributed by atoms with Crippen molar-refractivity contribution in [2.24, 2.45) is 5.73 Å². The fourth-order valence-corrected chi connectivity index (χ4v) is 2.02. The van der Waals surface area contributed by atoms with Gasteiger partial charge < -0.3 is 15.2 Å². The third kappa shape index (κ3) is 2.51. The Labute approximate surface area is 112 Å². The molecule has 0 fully saturated rings. The Balaban J connectivity index is 2.58. The van der Waals surface area contributed by atoms with Crippen LogP contribution in [0.2, 0.25) is 0 Å². The van der Waals surface area contributed by atoms with E-state index >= 15 is 0 Å². The molecule has 5 heteroatoms. The Hall–Kier alpha value is -2.14. The van der Waals surface area contributed by atoms with Gasteiger partial charge in [0.1, 0.15) is 17.8 Å². The van der Waals surface area contributed by atoms with Gasteiger partial charge >= 0.3 is 0 Å². The second kappa shape index (κ2) is 5.67. The average molecular weight is 259 g/mol. The molecule has 0 atom stereocenters. The number of ether oxygens (including phenoxy) is 2. The lowest BCUT2D eigenvalue weighted by atomic mass is 10.0. The van der Waals surface area contributed by atoms with Crippen molar-refractivity contribution in [3.05, 3.63) is 35.8 Å². The van der Waals surface area contributed by atoms with E-state index in [-0.39, 0.29) is 0 Å². The van der Waals surface area contributed by atoms with E-state index in [2.05, 4.69) is 9.97 Å². The van der Waals surface area contributed by atoms with Crippen molar-refractivity contribution in [3.8, 4) is 22.8 Å². The molecule has 2 aromatic rings. The number of hydrogen-bond donors (Lipinski definition) is 1. The second-order valence-electron chi connectivity index (χ2n) is 4.07. The SMILES string of the molecule is COc1ccc(-c2cc(CN)ncn2)c(OC)c1C. The van der Waals surface area contributed by atoms with Crippen molar-refractivity contribution in [1.29, 1.82) is 0 Å². The Morgan fingerprint density at radius 3 is 2.58 bits per heavy atom. The molecule has 1 heterocycles. The highest BCUT2D eigenvalue weighted by atomic mass is 16.5. The van der Waals surface area contributed by atoms with Crippen LogP contribution in [-0.4, -0.2) is 24.2 Å². The van der Waals surface area contributed by atoms with Crippen LogP contribution in [0.5, 0.6) is 11.5 Å². The van der Waals surface area contributed by atoms with Gasteiger partial charge in [0, 0.05) is 17.7 Å². The third-order valence-corrected chi connectivity index (χ3v) is 2.99. The van der Waals surface area contributed by atoms with E-state index in [1.807, 2.05) is 25.1 Å². The maximum Gasteiger partial charge on any atom is 0.134 e. The average Bonchev–Trinajstić information content (AvgIpc) is 2.47. The summed E-state index contributed by atoms with van der Waals surface area (Å²) in [5, 5.41) is 0. The zero-order valence-electron chi connectivity index (χ0n) is 11.3. The minimum Gasteiger partial charge on any atom is -0.496 e. The molecule has 0 amide bonds. The molecule has 1 aromatic heterocycles. The molecule has 0 spiro atoms. The molecule has 0 aliphatic rings. The fourth-order valence-electron chi connectivity index (χ4n) is 2.02. The molecule has 0 unspecified atom stereocenters. The molecule has 2 rings (SSSR count). The first-order chi connectivity index (χ1) is 9.21. The van der Waals surface area contributed by atoms with E-state index in [0.29, 0.717) is 6.54 Å². The van der Waals surface area contributed by atoms with Crippen LogP contribution in [0, 0.1) is 6.92 Å². The van der Waals surface area contributed by atoms with Gasteiger partial charge in [-0.25, -0.2) is 9.97 Å². The van der Waals surface area contributed by atoms with Crippen molar-refractivity contribution in [2.75, 3.05) is 14.2 Å². The quantitative estimate of drug-likeness (QED) is 0.908. The summed E-state index contributed by atoms with van der Waals surface area (Å²) in [5.74, 6) is 1.54. The summed E-state index contributed by atoms with van der Waals surface area (Å²) in [7, 11) is 3.27. The lowest BCUT2D eigenvalue weighted by Gasteiger charge is -2.14. The lowest BCUT2D eigenvalue weighted by molar-refractivity contribution is 0.390. The number of hydrogen-bond acceptors (Lipinski definition) is 5. The van der Waals surface area contributed by atoms with Crippen molar-refractivity contribution in [1.82, 2.24) is 9.97 Å². The number of methoxy groups -OCH3 is 2. The van der Waals surface area contributed by atoms with E-state index in [1.165, 1.54) is 6.33 Å². The van der Waals surface area contributed by atoms with E-state index in [4.69, 9.17) is 15.2 Å². The molecule has 1 aromatic carbocycles. The molecule has 0 radical (unpaired) electrons. The lowest BCUT2D eigenvalue weighted by Crippen LogP contribution is -2.01. The molecule has 0 bridgehead atoms. The summed E-state index contributed by atoms with van der Waals surface area (Å²) in [6, 6.07) is 5.69. The van der Waals surface area contributed by atoms with Gasteiger partial charge in [0.15, 0.2) is 0 Å². The van der Waals surface area contributed by atoms with Crippen molar-refractivity contribution in [3.63, 3.8) is 0 Å². The van der Waals surface area contributed by atoms with Crippen LogP contribution in [0.4, 0.5) is 0 Å². The van der Waals surface area contributed by atoms with Crippen LogP contribution in [0.25, 0.3) is 11.3 Å². The summed E-state index contributed by atoms with van der Waals surface area (Å²) in [6.07, 6.45) is 1.51. The largest absolute Gasteiger partial charge is 0.496 e. The van der Waals surface area contributed by atoms with E-state index in [9.17, 15) is 0 Å². The Morgan fingerprint density at radius 2 is 1.95 bits per heavy atom. The highest BCUT2D eigenvalue weighted by molar-refractivity contribution is 5.71. The first kappa shape index (κ1) is 13.3. The summed E-state index contributed by atoms with van der Waals surface area (Å²) in [5.41, 5.74) is 9.02.